The van der Waals surface area contributed by atoms with E-state index in [9.17, 15) is 9.59 Å². The first-order chi connectivity index (χ1) is 12.1. The summed E-state index contributed by atoms with van der Waals surface area (Å²) >= 11 is 0. The third kappa shape index (κ3) is 5.59. The summed E-state index contributed by atoms with van der Waals surface area (Å²) in [5.41, 5.74) is 4.47. The Labute approximate surface area is 155 Å². The van der Waals surface area contributed by atoms with Gasteiger partial charge in [0.2, 0.25) is 11.8 Å². The van der Waals surface area contributed by atoms with Crippen molar-refractivity contribution < 1.29 is 9.59 Å². The van der Waals surface area contributed by atoms with Gasteiger partial charge in [0.1, 0.15) is 0 Å². The highest BCUT2D eigenvalue weighted by Crippen LogP contribution is 2.24. The number of benzene rings is 2. The van der Waals surface area contributed by atoms with E-state index >= 15 is 0 Å². The number of rotatable bonds is 4. The van der Waals surface area contributed by atoms with Crippen LogP contribution in [0, 0.1) is 6.92 Å². The number of aryl methyl sites for hydroxylation is 1. The average Bonchev–Trinajstić information content (AvgIpc) is 2.55. The Balaban J connectivity index is 2.10. The molecule has 2 aromatic rings. The van der Waals surface area contributed by atoms with Crippen molar-refractivity contribution in [3.63, 3.8) is 0 Å². The molecule has 4 nitrogen and oxygen atoms in total. The van der Waals surface area contributed by atoms with Crippen LogP contribution in [0.15, 0.2) is 48.5 Å². The maximum Gasteiger partial charge on any atom is 0.248 e. The molecule has 0 fully saturated rings. The quantitative estimate of drug-likeness (QED) is 0.770. The molecule has 0 spiro atoms. The topological polar surface area (TPSA) is 58.2 Å². The van der Waals surface area contributed by atoms with Crippen molar-refractivity contribution in [2.24, 2.45) is 0 Å². The number of anilines is 2. The van der Waals surface area contributed by atoms with Gasteiger partial charge in [0.15, 0.2) is 0 Å². The molecule has 0 heterocycles. The van der Waals surface area contributed by atoms with Gasteiger partial charge in [-0.15, -0.1) is 0 Å². The minimum Gasteiger partial charge on any atom is -0.325 e. The van der Waals surface area contributed by atoms with Gasteiger partial charge in [-0.25, -0.2) is 0 Å². The third-order valence-electron chi connectivity index (χ3n) is 3.95. The molecule has 0 saturated heterocycles. The second kappa shape index (κ2) is 8.00. The van der Waals surface area contributed by atoms with E-state index in [1.807, 2.05) is 31.2 Å². The van der Waals surface area contributed by atoms with Crippen molar-refractivity contribution in [2.45, 2.75) is 40.0 Å². The van der Waals surface area contributed by atoms with E-state index in [0.29, 0.717) is 11.4 Å². The molecule has 0 atom stereocenters. The van der Waals surface area contributed by atoms with Crippen molar-refractivity contribution in [2.75, 3.05) is 10.6 Å². The zero-order chi connectivity index (χ0) is 19.3. The number of hydrogen-bond donors (Lipinski definition) is 2. The van der Waals surface area contributed by atoms with Crippen LogP contribution in [-0.4, -0.2) is 11.8 Å². The van der Waals surface area contributed by atoms with Crippen LogP contribution in [0.25, 0.3) is 6.08 Å². The fourth-order valence-corrected chi connectivity index (χ4v) is 2.50. The number of hydrogen-bond acceptors (Lipinski definition) is 2. The summed E-state index contributed by atoms with van der Waals surface area (Å²) in [6, 6.07) is 13.6. The summed E-state index contributed by atoms with van der Waals surface area (Å²) in [4.78, 5) is 23.6. The highest BCUT2D eigenvalue weighted by Gasteiger charge is 2.12. The van der Waals surface area contributed by atoms with Crippen LogP contribution in [0.1, 0.15) is 44.4 Å². The number of carbonyl (C=O) groups is 2. The first-order valence-corrected chi connectivity index (χ1v) is 8.63. The highest BCUT2D eigenvalue weighted by molar-refractivity contribution is 6.05. The minimum absolute atomic E-state index is 0.102. The number of nitrogens with one attached hydrogen (secondary N) is 2. The van der Waals surface area contributed by atoms with E-state index in [1.54, 1.807) is 12.1 Å². The summed E-state index contributed by atoms with van der Waals surface area (Å²) in [7, 11) is 0. The van der Waals surface area contributed by atoms with Crippen LogP contribution >= 0.6 is 0 Å². The molecule has 2 aromatic carbocycles. The zero-order valence-electron chi connectivity index (χ0n) is 16.0. The van der Waals surface area contributed by atoms with Crippen LogP contribution in [0.2, 0.25) is 0 Å². The lowest BCUT2D eigenvalue weighted by atomic mass is 9.87. The molecule has 0 bridgehead atoms. The Morgan fingerprint density at radius 2 is 1.58 bits per heavy atom. The predicted molar refractivity (Wildman–Crippen MR) is 108 cm³/mol. The van der Waals surface area contributed by atoms with Gasteiger partial charge >= 0.3 is 0 Å². The lowest BCUT2D eigenvalue weighted by Crippen LogP contribution is -2.13. The van der Waals surface area contributed by atoms with Gasteiger partial charge in [-0.3, -0.25) is 9.59 Å². The third-order valence-corrected chi connectivity index (χ3v) is 3.95. The number of carbonyl (C=O) groups excluding carboxylic acids is 2. The fraction of sp³-hybridized carbons (Fsp3) is 0.273. The van der Waals surface area contributed by atoms with Gasteiger partial charge in [0.05, 0.1) is 11.4 Å². The molecular weight excluding hydrogens is 324 g/mol. The minimum atomic E-state index is -0.248. The SMILES string of the molecule is CC(=O)Nc1ccc(C)cc1NC(=O)/C=C/c1ccc(C(C)(C)C)cc1. The largest absolute Gasteiger partial charge is 0.325 e. The van der Waals surface area contributed by atoms with Gasteiger partial charge < -0.3 is 10.6 Å². The van der Waals surface area contributed by atoms with Crippen LogP contribution < -0.4 is 10.6 Å². The predicted octanol–water partition coefficient (Wildman–Crippen LogP) is 4.90. The van der Waals surface area contributed by atoms with Crippen molar-refractivity contribution in [3.8, 4) is 0 Å². The summed E-state index contributed by atoms with van der Waals surface area (Å²) in [6.07, 6.45) is 3.27. The Kier molecular flexibility index (Phi) is 5.98. The lowest BCUT2D eigenvalue weighted by molar-refractivity contribution is -0.114. The van der Waals surface area contributed by atoms with E-state index < -0.39 is 0 Å². The second-order valence-corrected chi connectivity index (χ2v) is 7.42. The molecule has 2 N–H and O–H groups in total. The van der Waals surface area contributed by atoms with Crippen LogP contribution in [0.5, 0.6) is 0 Å². The molecule has 2 rings (SSSR count). The van der Waals surface area contributed by atoms with Crippen LogP contribution in [-0.2, 0) is 15.0 Å². The van der Waals surface area contributed by atoms with E-state index in [1.165, 1.54) is 18.6 Å². The Bertz CT molecular complexity index is 828. The van der Waals surface area contributed by atoms with Crippen LogP contribution in [0.3, 0.4) is 0 Å². The molecular formula is C22H26N2O2. The molecule has 0 aromatic heterocycles. The van der Waals surface area contributed by atoms with Gasteiger partial charge in [-0.1, -0.05) is 51.1 Å². The summed E-state index contributed by atoms with van der Waals surface area (Å²) in [5.74, 6) is -0.430. The molecule has 0 aliphatic carbocycles. The van der Waals surface area contributed by atoms with E-state index in [-0.39, 0.29) is 17.2 Å². The van der Waals surface area contributed by atoms with Gasteiger partial charge in [0, 0.05) is 13.0 Å². The molecule has 0 radical (unpaired) electrons. The Morgan fingerprint density at radius 3 is 2.15 bits per heavy atom. The van der Waals surface area contributed by atoms with Gasteiger partial charge in [0.25, 0.3) is 0 Å². The fourth-order valence-electron chi connectivity index (χ4n) is 2.50. The lowest BCUT2D eigenvalue weighted by Gasteiger charge is -2.18. The first-order valence-electron chi connectivity index (χ1n) is 8.63. The average molecular weight is 350 g/mol. The summed E-state index contributed by atoms with van der Waals surface area (Å²) in [6.45, 7) is 9.87. The van der Waals surface area contributed by atoms with Crippen LogP contribution in [0.4, 0.5) is 11.4 Å². The number of amides is 2. The summed E-state index contributed by atoms with van der Waals surface area (Å²) in [5, 5.41) is 5.54. The maximum absolute atomic E-state index is 12.3. The Hall–Kier alpha value is -2.88. The normalized spacial score (nSPS) is 11.4. The molecule has 2 amide bonds. The standard InChI is InChI=1S/C22H26N2O2/c1-15-6-12-19(23-16(2)25)20(14-15)24-21(26)13-9-17-7-10-18(11-8-17)22(3,4)5/h6-14H,1-5H3,(H,23,25)(H,24,26)/b13-9+. The highest BCUT2D eigenvalue weighted by atomic mass is 16.2. The first kappa shape index (κ1) is 19.4. The second-order valence-electron chi connectivity index (χ2n) is 7.42. The molecule has 4 heteroatoms. The maximum atomic E-state index is 12.3. The van der Waals surface area contributed by atoms with Gasteiger partial charge in [-0.2, -0.15) is 0 Å². The summed E-state index contributed by atoms with van der Waals surface area (Å²) < 4.78 is 0. The molecule has 0 unspecified atom stereocenters. The Morgan fingerprint density at radius 1 is 0.923 bits per heavy atom. The molecule has 0 saturated carbocycles. The van der Waals surface area contributed by atoms with Crippen molar-refractivity contribution in [1.82, 2.24) is 0 Å². The monoisotopic (exact) mass is 350 g/mol. The molecule has 136 valence electrons. The van der Waals surface area contributed by atoms with E-state index in [2.05, 4.69) is 43.5 Å². The van der Waals surface area contributed by atoms with Crippen molar-refractivity contribution >= 4 is 29.3 Å². The van der Waals surface area contributed by atoms with E-state index in [4.69, 9.17) is 0 Å². The molecule has 26 heavy (non-hydrogen) atoms. The van der Waals surface area contributed by atoms with Crippen molar-refractivity contribution in [3.05, 3.63) is 65.2 Å². The molecule has 0 aliphatic rings. The van der Waals surface area contributed by atoms with Gasteiger partial charge in [-0.05, 0) is 47.2 Å². The van der Waals surface area contributed by atoms with Crippen molar-refractivity contribution in [1.29, 1.82) is 0 Å². The van der Waals surface area contributed by atoms with E-state index in [0.717, 1.165) is 11.1 Å². The zero-order valence-corrected chi connectivity index (χ0v) is 16.0. The molecule has 0 aliphatic heterocycles. The smallest absolute Gasteiger partial charge is 0.248 e.